The number of halogens is 3. The van der Waals surface area contributed by atoms with Crippen LogP contribution in [0.15, 0.2) is 22.7 Å². The third-order valence-electron chi connectivity index (χ3n) is 2.20. The Hall–Kier alpha value is -1.01. The Kier molecular flexibility index (Phi) is 5.02. The molecule has 17 heavy (non-hydrogen) atoms. The van der Waals surface area contributed by atoms with E-state index in [0.717, 1.165) is 10.0 Å². The topological polar surface area (TPSA) is 49.3 Å². The van der Waals surface area contributed by atoms with Gasteiger partial charge in [0.1, 0.15) is 6.10 Å². The molecule has 0 aliphatic carbocycles. The number of carbonyl (C=O) groups excluding carboxylic acids is 1. The van der Waals surface area contributed by atoms with Crippen LogP contribution in [0.5, 0.6) is 0 Å². The lowest BCUT2D eigenvalue weighted by Crippen LogP contribution is -2.35. The van der Waals surface area contributed by atoms with Crippen LogP contribution in [-0.2, 0) is 0 Å². The van der Waals surface area contributed by atoms with Crippen molar-refractivity contribution in [3.63, 3.8) is 0 Å². The highest BCUT2D eigenvalue weighted by atomic mass is 79.9. The first-order valence-corrected chi connectivity index (χ1v) is 5.71. The second-order valence-electron chi connectivity index (χ2n) is 3.58. The number of aryl methyl sites for hydroxylation is 1. The average molecular weight is 308 g/mol. The minimum atomic E-state index is -2.86. The maximum Gasteiger partial charge on any atom is 0.265 e. The summed E-state index contributed by atoms with van der Waals surface area (Å²) in [4.78, 5) is 11.5. The number of hydrogen-bond donors (Lipinski definition) is 2. The minimum absolute atomic E-state index is 0.351. The number of alkyl halides is 2. The molecule has 0 radical (unpaired) electrons. The fourth-order valence-electron chi connectivity index (χ4n) is 1.12. The third-order valence-corrected chi connectivity index (χ3v) is 3.05. The first-order chi connectivity index (χ1) is 7.91. The van der Waals surface area contributed by atoms with Gasteiger partial charge in [-0.15, -0.1) is 0 Å². The average Bonchev–Trinajstić information content (AvgIpc) is 2.28. The first kappa shape index (κ1) is 14.1. The van der Waals surface area contributed by atoms with Gasteiger partial charge in [0.25, 0.3) is 12.3 Å². The summed E-state index contributed by atoms with van der Waals surface area (Å²) in [6.45, 7) is 1.40. The zero-order valence-electron chi connectivity index (χ0n) is 9.08. The Morgan fingerprint density at radius 2 is 2.18 bits per heavy atom. The largest absolute Gasteiger partial charge is 0.385 e. The van der Waals surface area contributed by atoms with Crippen LogP contribution in [-0.4, -0.2) is 30.1 Å². The van der Waals surface area contributed by atoms with Crippen molar-refractivity contribution in [2.45, 2.75) is 19.5 Å². The Morgan fingerprint density at radius 1 is 1.53 bits per heavy atom. The van der Waals surface area contributed by atoms with Gasteiger partial charge in [-0.25, -0.2) is 8.78 Å². The van der Waals surface area contributed by atoms with E-state index in [0.29, 0.717) is 5.56 Å². The van der Waals surface area contributed by atoms with E-state index in [1.54, 1.807) is 18.2 Å². The van der Waals surface area contributed by atoms with E-state index >= 15 is 0 Å². The number of carbonyl (C=O) groups is 1. The molecule has 1 amide bonds. The molecule has 0 aliphatic heterocycles. The number of rotatable bonds is 4. The van der Waals surface area contributed by atoms with Crippen molar-refractivity contribution >= 4 is 21.8 Å². The minimum Gasteiger partial charge on any atom is -0.385 e. The Bertz CT molecular complexity index is 412. The number of aliphatic hydroxyl groups excluding tert-OH is 1. The molecule has 0 saturated heterocycles. The van der Waals surface area contributed by atoms with E-state index in [2.05, 4.69) is 21.2 Å². The molecule has 1 unspecified atom stereocenters. The van der Waals surface area contributed by atoms with Crippen LogP contribution in [0.3, 0.4) is 0 Å². The number of benzene rings is 1. The molecule has 94 valence electrons. The molecule has 0 spiro atoms. The van der Waals surface area contributed by atoms with Crippen LogP contribution in [0.4, 0.5) is 8.78 Å². The van der Waals surface area contributed by atoms with Gasteiger partial charge in [-0.3, -0.25) is 4.79 Å². The van der Waals surface area contributed by atoms with Gasteiger partial charge < -0.3 is 10.4 Å². The molecule has 0 saturated carbocycles. The standard InChI is InChI=1S/C11H12BrF2NO2/c1-6-2-3-7(4-8(6)12)11(17)15-5-9(16)10(13)14/h2-4,9-10,16H,5H2,1H3,(H,15,17). The summed E-state index contributed by atoms with van der Waals surface area (Å²) in [5, 5.41) is 11.1. The number of aliphatic hydroxyl groups is 1. The first-order valence-electron chi connectivity index (χ1n) is 4.92. The smallest absolute Gasteiger partial charge is 0.265 e. The van der Waals surface area contributed by atoms with Gasteiger partial charge >= 0.3 is 0 Å². The molecule has 0 aliphatic rings. The molecule has 1 aromatic rings. The number of hydrogen-bond acceptors (Lipinski definition) is 2. The van der Waals surface area contributed by atoms with Crippen molar-refractivity contribution in [2.24, 2.45) is 0 Å². The molecule has 0 bridgehead atoms. The van der Waals surface area contributed by atoms with E-state index in [1.807, 2.05) is 6.92 Å². The maximum absolute atomic E-state index is 12.0. The second-order valence-corrected chi connectivity index (χ2v) is 4.43. The fraction of sp³-hybridized carbons (Fsp3) is 0.364. The molecule has 1 atom stereocenters. The summed E-state index contributed by atoms with van der Waals surface area (Å²) in [7, 11) is 0. The summed E-state index contributed by atoms with van der Waals surface area (Å²) in [6, 6.07) is 4.92. The van der Waals surface area contributed by atoms with E-state index in [1.165, 1.54) is 0 Å². The molecule has 0 aromatic heterocycles. The summed E-state index contributed by atoms with van der Waals surface area (Å²) in [6.07, 6.45) is -4.70. The van der Waals surface area contributed by atoms with Crippen molar-refractivity contribution in [2.75, 3.05) is 6.54 Å². The van der Waals surface area contributed by atoms with Crippen LogP contribution in [0.1, 0.15) is 15.9 Å². The quantitative estimate of drug-likeness (QED) is 0.895. The van der Waals surface area contributed by atoms with Gasteiger partial charge in [0.15, 0.2) is 0 Å². The number of amides is 1. The Morgan fingerprint density at radius 3 is 2.71 bits per heavy atom. The summed E-state index contributed by atoms with van der Waals surface area (Å²) >= 11 is 3.27. The molecule has 6 heteroatoms. The van der Waals surface area contributed by atoms with E-state index < -0.39 is 25.0 Å². The van der Waals surface area contributed by atoms with Gasteiger partial charge in [0.2, 0.25) is 0 Å². The lowest BCUT2D eigenvalue weighted by Gasteiger charge is -2.11. The summed E-state index contributed by atoms with van der Waals surface area (Å²) in [5.74, 6) is -0.495. The lowest BCUT2D eigenvalue weighted by molar-refractivity contribution is -0.00270. The van der Waals surface area contributed by atoms with E-state index in [4.69, 9.17) is 5.11 Å². The second kappa shape index (κ2) is 6.07. The van der Waals surface area contributed by atoms with Crippen molar-refractivity contribution in [3.05, 3.63) is 33.8 Å². The zero-order chi connectivity index (χ0) is 13.0. The fourth-order valence-corrected chi connectivity index (χ4v) is 1.50. The van der Waals surface area contributed by atoms with Gasteiger partial charge in [-0.2, -0.15) is 0 Å². The van der Waals surface area contributed by atoms with Crippen LogP contribution < -0.4 is 5.32 Å². The zero-order valence-corrected chi connectivity index (χ0v) is 10.7. The van der Waals surface area contributed by atoms with Crippen molar-refractivity contribution in [1.82, 2.24) is 5.32 Å². The molecule has 2 N–H and O–H groups in total. The van der Waals surface area contributed by atoms with E-state index in [9.17, 15) is 13.6 Å². The van der Waals surface area contributed by atoms with Gasteiger partial charge in [0, 0.05) is 16.6 Å². The molecular weight excluding hydrogens is 296 g/mol. The summed E-state index contributed by atoms with van der Waals surface area (Å²) in [5.41, 5.74) is 1.32. The van der Waals surface area contributed by atoms with Crippen LogP contribution >= 0.6 is 15.9 Å². The highest BCUT2D eigenvalue weighted by Crippen LogP contribution is 2.17. The van der Waals surface area contributed by atoms with Crippen LogP contribution in [0.25, 0.3) is 0 Å². The predicted octanol–water partition coefficient (Wildman–Crippen LogP) is 2.11. The Balaban J connectivity index is 2.61. The third kappa shape index (κ3) is 4.05. The predicted molar refractivity (Wildman–Crippen MR) is 63.2 cm³/mol. The number of nitrogens with one attached hydrogen (secondary N) is 1. The van der Waals surface area contributed by atoms with E-state index in [-0.39, 0.29) is 0 Å². The van der Waals surface area contributed by atoms with Crippen molar-refractivity contribution in [3.8, 4) is 0 Å². The molecule has 1 aromatic carbocycles. The summed E-state index contributed by atoms with van der Waals surface area (Å²) < 4.78 is 24.7. The normalized spacial score (nSPS) is 12.6. The van der Waals surface area contributed by atoms with Gasteiger partial charge in [-0.1, -0.05) is 22.0 Å². The Labute approximate surface area is 106 Å². The van der Waals surface area contributed by atoms with Gasteiger partial charge in [-0.05, 0) is 24.6 Å². The van der Waals surface area contributed by atoms with Gasteiger partial charge in [0.05, 0.1) is 0 Å². The van der Waals surface area contributed by atoms with Crippen molar-refractivity contribution in [1.29, 1.82) is 0 Å². The van der Waals surface area contributed by atoms with Crippen molar-refractivity contribution < 1.29 is 18.7 Å². The molecular formula is C11H12BrF2NO2. The SMILES string of the molecule is Cc1ccc(C(=O)NCC(O)C(F)F)cc1Br. The molecule has 0 fully saturated rings. The molecule has 1 rings (SSSR count). The monoisotopic (exact) mass is 307 g/mol. The lowest BCUT2D eigenvalue weighted by atomic mass is 10.1. The highest BCUT2D eigenvalue weighted by molar-refractivity contribution is 9.10. The highest BCUT2D eigenvalue weighted by Gasteiger charge is 2.17. The van der Waals surface area contributed by atoms with Crippen LogP contribution in [0.2, 0.25) is 0 Å². The van der Waals surface area contributed by atoms with Crippen LogP contribution in [0, 0.1) is 6.92 Å². The molecule has 3 nitrogen and oxygen atoms in total. The maximum atomic E-state index is 12.0. The molecule has 0 heterocycles.